The van der Waals surface area contributed by atoms with Gasteiger partial charge in [0.2, 0.25) is 0 Å². The van der Waals surface area contributed by atoms with Gasteiger partial charge in [-0.3, -0.25) is 0 Å². The van der Waals surface area contributed by atoms with Gasteiger partial charge in [-0.15, -0.1) is 5.92 Å². The second-order valence-electron chi connectivity index (χ2n) is 7.38. The minimum absolute atomic E-state index is 0.0854. The lowest BCUT2D eigenvalue weighted by atomic mass is 9.82. The molecule has 4 nitrogen and oxygen atoms in total. The number of nitrogens with zero attached hydrogens (tertiary/aromatic N) is 1. The first-order chi connectivity index (χ1) is 13.2. The van der Waals surface area contributed by atoms with Crippen LogP contribution in [0.5, 0.6) is 5.75 Å². The fourth-order valence-electron chi connectivity index (χ4n) is 3.09. The highest BCUT2D eigenvalue weighted by atomic mass is 19.4. The molecule has 0 atom stereocenters. The van der Waals surface area contributed by atoms with Crippen molar-refractivity contribution in [1.29, 1.82) is 0 Å². The number of carbonyl (C=O) groups is 1. The number of carbonyl (C=O) groups excluding carboxylic acids is 1. The van der Waals surface area contributed by atoms with Crippen LogP contribution >= 0.6 is 0 Å². The van der Waals surface area contributed by atoms with Crippen LogP contribution in [-0.2, 0) is 6.18 Å². The summed E-state index contributed by atoms with van der Waals surface area (Å²) in [4.78, 5) is 14.0. The van der Waals surface area contributed by atoms with Crippen LogP contribution < -0.4 is 10.1 Å². The predicted molar refractivity (Wildman–Crippen MR) is 102 cm³/mol. The van der Waals surface area contributed by atoms with Crippen molar-refractivity contribution in [3.63, 3.8) is 0 Å². The summed E-state index contributed by atoms with van der Waals surface area (Å²) in [7, 11) is 4.06. The van der Waals surface area contributed by atoms with Crippen LogP contribution in [0, 0.1) is 23.7 Å². The van der Waals surface area contributed by atoms with E-state index < -0.39 is 17.8 Å². The summed E-state index contributed by atoms with van der Waals surface area (Å²) in [6.07, 6.45) is -0.142. The molecule has 1 aliphatic rings. The van der Waals surface area contributed by atoms with Gasteiger partial charge in [0.1, 0.15) is 5.75 Å². The molecule has 7 heteroatoms. The molecule has 1 fully saturated rings. The van der Waals surface area contributed by atoms with Crippen molar-refractivity contribution in [1.82, 2.24) is 10.2 Å². The molecule has 28 heavy (non-hydrogen) atoms. The van der Waals surface area contributed by atoms with Gasteiger partial charge < -0.3 is 15.0 Å². The van der Waals surface area contributed by atoms with Crippen LogP contribution in [0.2, 0.25) is 0 Å². The van der Waals surface area contributed by atoms with Crippen LogP contribution in [-0.4, -0.2) is 38.2 Å². The van der Waals surface area contributed by atoms with Crippen LogP contribution in [0.15, 0.2) is 24.3 Å². The van der Waals surface area contributed by atoms with Crippen molar-refractivity contribution in [2.75, 3.05) is 27.2 Å². The molecule has 0 unspecified atom stereocenters. The Morgan fingerprint density at radius 1 is 1.18 bits per heavy atom. The number of alkyl halides is 3. The third kappa shape index (κ3) is 7.81. The monoisotopic (exact) mass is 396 g/mol. The zero-order valence-corrected chi connectivity index (χ0v) is 16.3. The van der Waals surface area contributed by atoms with Crippen molar-refractivity contribution in [2.45, 2.75) is 38.3 Å². The summed E-state index contributed by atoms with van der Waals surface area (Å²) >= 11 is 0. The van der Waals surface area contributed by atoms with E-state index >= 15 is 0 Å². The number of halogens is 3. The summed E-state index contributed by atoms with van der Waals surface area (Å²) in [5.41, 5.74) is -0.776. The summed E-state index contributed by atoms with van der Waals surface area (Å²) in [5.74, 6) is 7.47. The van der Waals surface area contributed by atoms with Crippen LogP contribution in [0.1, 0.15) is 37.7 Å². The average Bonchev–Trinajstić information content (AvgIpc) is 2.64. The Kier molecular flexibility index (Phi) is 8.18. The third-order valence-electron chi connectivity index (χ3n) is 4.76. The molecule has 2 rings (SSSR count). The van der Waals surface area contributed by atoms with E-state index in [0.29, 0.717) is 18.4 Å². The second kappa shape index (κ2) is 10.4. The molecule has 0 aliphatic heterocycles. The second-order valence-corrected chi connectivity index (χ2v) is 7.38. The molecule has 154 valence electrons. The maximum absolute atomic E-state index is 12.5. The molecule has 1 saturated carbocycles. The van der Waals surface area contributed by atoms with E-state index in [9.17, 15) is 18.0 Å². The summed E-state index contributed by atoms with van der Waals surface area (Å²) in [6.45, 7) is 1.47. The van der Waals surface area contributed by atoms with Gasteiger partial charge in [-0.1, -0.05) is 5.92 Å². The van der Waals surface area contributed by atoms with E-state index in [-0.39, 0.29) is 5.75 Å². The minimum Gasteiger partial charge on any atom is -0.410 e. The molecular formula is C21H27F3N2O2. The molecule has 0 heterocycles. The number of rotatable bonds is 5. The molecule has 1 aromatic carbocycles. The van der Waals surface area contributed by atoms with Crippen molar-refractivity contribution < 1.29 is 22.7 Å². The summed E-state index contributed by atoms with van der Waals surface area (Å²) in [5, 5.41) is 2.70. The highest BCUT2D eigenvalue weighted by Gasteiger charge is 2.30. The van der Waals surface area contributed by atoms with Crippen LogP contribution in [0.25, 0.3) is 0 Å². The van der Waals surface area contributed by atoms with E-state index in [1.165, 1.54) is 0 Å². The smallest absolute Gasteiger partial charge is 0.410 e. The Balaban J connectivity index is 1.67. The quantitative estimate of drug-likeness (QED) is 0.742. The number of benzene rings is 1. The highest BCUT2D eigenvalue weighted by Crippen LogP contribution is 2.30. The molecule has 1 aliphatic carbocycles. The normalized spacial score (nSPS) is 19.6. The van der Waals surface area contributed by atoms with Gasteiger partial charge in [0.25, 0.3) is 0 Å². The number of ether oxygens (including phenoxy) is 1. The lowest BCUT2D eigenvalue weighted by Crippen LogP contribution is -2.33. The Labute approximate surface area is 164 Å². The van der Waals surface area contributed by atoms with Gasteiger partial charge >= 0.3 is 12.3 Å². The SMILES string of the molecule is CN(C)CCC#CC1CCC(CNC(=O)Oc2ccc(C(F)(F)F)cc2)CC1. The van der Waals surface area contributed by atoms with Gasteiger partial charge in [0.05, 0.1) is 5.56 Å². The molecule has 0 saturated heterocycles. The van der Waals surface area contributed by atoms with Crippen LogP contribution in [0.4, 0.5) is 18.0 Å². The first kappa shape index (κ1) is 22.1. The fraction of sp³-hybridized carbons (Fsp3) is 0.571. The van der Waals surface area contributed by atoms with E-state index in [0.717, 1.165) is 62.9 Å². The Morgan fingerprint density at radius 3 is 2.39 bits per heavy atom. The van der Waals surface area contributed by atoms with E-state index in [1.54, 1.807) is 0 Å². The Hall–Kier alpha value is -2.20. The molecular weight excluding hydrogens is 369 g/mol. The lowest BCUT2D eigenvalue weighted by Gasteiger charge is -2.25. The predicted octanol–water partition coefficient (Wildman–Crippen LogP) is 4.56. The highest BCUT2D eigenvalue weighted by molar-refractivity contribution is 5.70. The zero-order valence-electron chi connectivity index (χ0n) is 16.3. The van der Waals surface area contributed by atoms with Crippen molar-refractivity contribution in [2.24, 2.45) is 11.8 Å². The van der Waals surface area contributed by atoms with Crippen LogP contribution in [0.3, 0.4) is 0 Å². The molecule has 0 bridgehead atoms. The van der Waals surface area contributed by atoms with Crippen molar-refractivity contribution in [3.05, 3.63) is 29.8 Å². The maximum Gasteiger partial charge on any atom is 0.416 e. The van der Waals surface area contributed by atoms with Crippen molar-refractivity contribution >= 4 is 6.09 Å². The topological polar surface area (TPSA) is 41.6 Å². The van der Waals surface area contributed by atoms with E-state index in [2.05, 4.69) is 22.1 Å². The zero-order chi connectivity index (χ0) is 20.6. The first-order valence-corrected chi connectivity index (χ1v) is 9.50. The van der Waals surface area contributed by atoms with Gasteiger partial charge in [0, 0.05) is 25.4 Å². The fourth-order valence-corrected chi connectivity index (χ4v) is 3.09. The maximum atomic E-state index is 12.5. The minimum atomic E-state index is -4.41. The summed E-state index contributed by atoms with van der Waals surface area (Å²) < 4.78 is 42.6. The average molecular weight is 396 g/mol. The third-order valence-corrected chi connectivity index (χ3v) is 4.76. The van der Waals surface area contributed by atoms with Gasteiger partial charge in [-0.2, -0.15) is 13.2 Å². The molecule has 1 aromatic rings. The first-order valence-electron chi connectivity index (χ1n) is 9.50. The number of hydrogen-bond acceptors (Lipinski definition) is 3. The van der Waals surface area contributed by atoms with E-state index in [1.807, 2.05) is 14.1 Å². The lowest BCUT2D eigenvalue weighted by molar-refractivity contribution is -0.137. The molecule has 0 radical (unpaired) electrons. The molecule has 1 N–H and O–H groups in total. The molecule has 1 amide bonds. The Morgan fingerprint density at radius 2 is 1.82 bits per heavy atom. The standard InChI is InChI=1S/C21H27F3N2O2/c1-26(2)14-4-3-5-16-6-8-17(9-7-16)15-25-20(27)28-19-12-10-18(11-13-19)21(22,23)24/h10-13,16-17H,4,6-9,14-15H2,1-2H3,(H,25,27). The van der Waals surface area contributed by atoms with Gasteiger partial charge in [-0.25, -0.2) is 4.79 Å². The van der Waals surface area contributed by atoms with Crippen molar-refractivity contribution in [3.8, 4) is 17.6 Å². The molecule has 0 aromatic heterocycles. The number of nitrogens with one attached hydrogen (secondary N) is 1. The van der Waals surface area contributed by atoms with Gasteiger partial charge in [-0.05, 0) is 70.0 Å². The largest absolute Gasteiger partial charge is 0.416 e. The Bertz CT molecular complexity index is 682. The van der Waals surface area contributed by atoms with E-state index in [4.69, 9.17) is 4.74 Å². The number of hydrogen-bond donors (Lipinski definition) is 1. The van der Waals surface area contributed by atoms with Gasteiger partial charge in [0.15, 0.2) is 0 Å². The summed E-state index contributed by atoms with van der Waals surface area (Å²) in [6, 6.07) is 4.07. The molecule has 0 spiro atoms. The number of amides is 1.